The van der Waals surface area contributed by atoms with E-state index in [0.717, 1.165) is 52.8 Å². The van der Waals surface area contributed by atoms with Gasteiger partial charge in [-0.2, -0.15) is 0 Å². The molecule has 4 aliphatic rings. The van der Waals surface area contributed by atoms with Gasteiger partial charge in [0.2, 0.25) is 20.8 Å². The lowest BCUT2D eigenvalue weighted by Crippen LogP contribution is -2.68. The number of ether oxygens (including phenoxy) is 4. The van der Waals surface area contributed by atoms with Gasteiger partial charge in [0.15, 0.2) is 17.3 Å². The van der Waals surface area contributed by atoms with E-state index in [4.69, 9.17) is 18.9 Å². The second-order valence-electron chi connectivity index (χ2n) is 14.9. The average Bonchev–Trinajstić information content (AvgIpc) is 3.12. The molecule has 54 heavy (non-hydrogen) atoms. The molecule has 0 bridgehead atoms. The molecule has 0 radical (unpaired) electrons. The van der Waals surface area contributed by atoms with Gasteiger partial charge < -0.3 is 37.0 Å². The number of methoxy groups -OCH3 is 4. The Labute approximate surface area is 324 Å². The second-order valence-corrected chi connectivity index (χ2v) is 17.0. The van der Waals surface area contributed by atoms with E-state index in [2.05, 4.69) is 54.4 Å². The van der Waals surface area contributed by atoms with Gasteiger partial charge >= 0.3 is 0 Å². The van der Waals surface area contributed by atoms with E-state index >= 15 is 0 Å². The number of likely N-dealkylation sites (N-methyl/N-ethyl adjacent to an activating group) is 1. The Kier molecular flexibility index (Phi) is 16.7. The zero-order valence-corrected chi connectivity index (χ0v) is 35.6. The summed E-state index contributed by atoms with van der Waals surface area (Å²) in [5.74, 6) is 5.73. The number of benzene rings is 1. The van der Waals surface area contributed by atoms with Crippen LogP contribution in [-0.2, 0) is 45.1 Å². The maximum atomic E-state index is 9.45. The van der Waals surface area contributed by atoms with E-state index in [1.54, 1.807) is 34.0 Å². The Morgan fingerprint density at radius 2 is 1.41 bits per heavy atom. The van der Waals surface area contributed by atoms with Crippen molar-refractivity contribution in [2.75, 3.05) is 81.4 Å². The van der Waals surface area contributed by atoms with Crippen LogP contribution in [-0.4, -0.2) is 122 Å². The quantitative estimate of drug-likeness (QED) is 0.145. The largest absolute Gasteiger partial charge is 0.726 e. The molecule has 0 N–H and O–H groups in total. The van der Waals surface area contributed by atoms with Crippen LogP contribution in [0.25, 0.3) is 0 Å². The van der Waals surface area contributed by atoms with E-state index in [-0.39, 0.29) is 13.2 Å². The molecule has 1 aromatic rings. The number of nitrogens with zero attached hydrogens (tertiary/aromatic N) is 2. The topological polar surface area (TPSA) is 170 Å². The van der Waals surface area contributed by atoms with Gasteiger partial charge in [-0.25, -0.2) is 16.8 Å². The Morgan fingerprint density at radius 1 is 0.796 bits per heavy atom. The van der Waals surface area contributed by atoms with Crippen LogP contribution < -0.4 is 9.47 Å². The van der Waals surface area contributed by atoms with Crippen LogP contribution in [0.2, 0.25) is 0 Å². The normalized spacial score (nSPS) is 29.1. The van der Waals surface area contributed by atoms with Crippen molar-refractivity contribution in [3.05, 3.63) is 46.4 Å². The van der Waals surface area contributed by atoms with Gasteiger partial charge in [-0.15, -0.1) is 0 Å². The van der Waals surface area contributed by atoms with Crippen LogP contribution in [0.15, 0.2) is 35.3 Å². The molecular formula is C38H64N2O12S2. The van der Waals surface area contributed by atoms with Gasteiger partial charge in [0.05, 0.1) is 87.5 Å². The summed E-state index contributed by atoms with van der Waals surface area (Å²) in [7, 11) is 0.705. The first-order valence-electron chi connectivity index (χ1n) is 19.0. The molecule has 0 aromatic heterocycles. The fourth-order valence-electron chi connectivity index (χ4n) is 9.59. The summed E-state index contributed by atoms with van der Waals surface area (Å²) in [5.41, 5.74) is 4.53. The van der Waals surface area contributed by atoms with E-state index in [1.807, 2.05) is 0 Å². The molecule has 0 amide bonds. The average molecular weight is 805 g/mol. The summed E-state index contributed by atoms with van der Waals surface area (Å²) >= 11 is 0. The SMILES string of the molecule is CCOS(=O)(=O)[O-].CCOS(=O)(=O)[O-].CC[N+]1(C)CCc2cc(OC)c(OC)cc2C1CCC1CC(C)C2C3CC(OC)=C(OC)C=C3CC[N+]2(CC)C1. The van der Waals surface area contributed by atoms with Crippen LogP contribution in [0.5, 0.6) is 11.5 Å². The monoisotopic (exact) mass is 804 g/mol. The van der Waals surface area contributed by atoms with Crippen molar-refractivity contribution < 1.29 is 62.2 Å². The fraction of sp³-hybridized carbons (Fsp3) is 0.737. The predicted molar refractivity (Wildman–Crippen MR) is 203 cm³/mol. The zero-order chi connectivity index (χ0) is 40.5. The van der Waals surface area contributed by atoms with Crippen LogP contribution >= 0.6 is 0 Å². The van der Waals surface area contributed by atoms with E-state index < -0.39 is 20.8 Å². The fourth-order valence-corrected chi connectivity index (χ4v) is 10.2. The minimum atomic E-state index is -4.42. The van der Waals surface area contributed by atoms with Crippen LogP contribution in [0, 0.1) is 17.8 Å². The van der Waals surface area contributed by atoms with Gasteiger partial charge in [0.1, 0.15) is 11.8 Å². The first-order chi connectivity index (χ1) is 25.4. The van der Waals surface area contributed by atoms with Gasteiger partial charge in [-0.3, -0.25) is 8.37 Å². The lowest BCUT2D eigenvalue weighted by atomic mass is 9.67. The second kappa shape index (κ2) is 19.6. The van der Waals surface area contributed by atoms with Gasteiger partial charge in [-0.05, 0) is 64.3 Å². The molecule has 3 aliphatic heterocycles. The summed E-state index contributed by atoms with van der Waals surface area (Å²) in [6, 6.07) is 5.72. The van der Waals surface area contributed by atoms with Crippen molar-refractivity contribution in [2.24, 2.45) is 17.8 Å². The minimum absolute atomic E-state index is 0.0914. The van der Waals surface area contributed by atoms with Crippen molar-refractivity contribution in [3.63, 3.8) is 0 Å². The Balaban J connectivity index is 0.000000476. The molecule has 0 spiro atoms. The predicted octanol–water partition coefficient (Wildman–Crippen LogP) is 5.23. The van der Waals surface area contributed by atoms with E-state index in [0.29, 0.717) is 23.9 Å². The highest BCUT2D eigenvalue weighted by atomic mass is 32.3. The minimum Gasteiger partial charge on any atom is -0.726 e. The zero-order valence-electron chi connectivity index (χ0n) is 33.9. The number of hydrogen-bond acceptors (Lipinski definition) is 12. The molecule has 0 saturated carbocycles. The number of allylic oxidation sites excluding steroid dienone is 2. The third kappa shape index (κ3) is 11.3. The first-order valence-corrected chi connectivity index (χ1v) is 21.7. The maximum absolute atomic E-state index is 9.45. The molecule has 14 nitrogen and oxygen atoms in total. The molecular weight excluding hydrogens is 741 g/mol. The summed E-state index contributed by atoms with van der Waals surface area (Å²) in [4.78, 5) is 0. The molecule has 2 saturated heterocycles. The number of fused-ring (bicyclic) bond motifs is 4. The van der Waals surface area contributed by atoms with Gasteiger partial charge in [0, 0.05) is 49.0 Å². The van der Waals surface area contributed by atoms with Crippen molar-refractivity contribution in [1.29, 1.82) is 0 Å². The lowest BCUT2D eigenvalue weighted by Gasteiger charge is -2.58. The highest BCUT2D eigenvalue weighted by Crippen LogP contribution is 2.50. The summed E-state index contributed by atoms with van der Waals surface area (Å²) in [5, 5.41) is 0. The Bertz CT molecular complexity index is 1650. The molecule has 7 unspecified atom stereocenters. The maximum Gasteiger partial charge on any atom is 0.217 e. The van der Waals surface area contributed by atoms with Crippen molar-refractivity contribution in [1.82, 2.24) is 0 Å². The molecule has 3 heterocycles. The molecule has 2 fully saturated rings. The summed E-state index contributed by atoms with van der Waals surface area (Å²) in [6.07, 6.45) is 9.45. The molecule has 1 aromatic carbocycles. The number of hydrogen-bond donors (Lipinski definition) is 0. The summed E-state index contributed by atoms with van der Waals surface area (Å²) < 4.78 is 89.4. The highest BCUT2D eigenvalue weighted by Gasteiger charge is 2.54. The third-order valence-electron chi connectivity index (χ3n) is 12.1. The number of quaternary nitrogens is 2. The third-order valence-corrected chi connectivity index (χ3v) is 13.2. The summed E-state index contributed by atoms with van der Waals surface area (Å²) in [6.45, 7) is 16.2. The standard InChI is InChI=1S/C34H54N2O4.2C2H6O4S/c1-9-35(4)15-13-25-18-30(37-5)32(39-7)20-27(25)29(35)12-11-24-17-23(3)34-28-21-33(40-8)31(38-6)19-26(28)14-16-36(34,10-2)22-24;2*1-2-6-7(3,4)5/h18-20,23-24,28-29,34H,9-17,21-22H2,1-8H3;2*2H2,1H3,(H,3,4,5)/q+2;;/p-2. The smallest absolute Gasteiger partial charge is 0.217 e. The first kappa shape index (κ1) is 45.9. The highest BCUT2D eigenvalue weighted by molar-refractivity contribution is 7.81. The van der Waals surface area contributed by atoms with Crippen molar-refractivity contribution in [2.45, 2.75) is 85.2 Å². The van der Waals surface area contributed by atoms with E-state index in [9.17, 15) is 25.9 Å². The van der Waals surface area contributed by atoms with E-state index in [1.165, 1.54) is 81.3 Å². The number of piperidine rings is 2. The van der Waals surface area contributed by atoms with Crippen LogP contribution in [0.1, 0.15) is 83.9 Å². The van der Waals surface area contributed by atoms with Gasteiger partial charge in [0.25, 0.3) is 0 Å². The van der Waals surface area contributed by atoms with Crippen LogP contribution in [0.4, 0.5) is 0 Å². The molecule has 5 rings (SSSR count). The molecule has 1 aliphatic carbocycles. The molecule has 7 atom stereocenters. The van der Waals surface area contributed by atoms with Crippen molar-refractivity contribution in [3.8, 4) is 11.5 Å². The van der Waals surface area contributed by atoms with Gasteiger partial charge in [-0.1, -0.05) is 12.5 Å². The van der Waals surface area contributed by atoms with Crippen molar-refractivity contribution >= 4 is 20.8 Å². The lowest BCUT2D eigenvalue weighted by molar-refractivity contribution is -0.968. The Hall–Kier alpha value is -2.44. The Morgan fingerprint density at radius 3 is 1.89 bits per heavy atom. The molecule has 16 heteroatoms. The van der Waals surface area contributed by atoms with Crippen LogP contribution in [0.3, 0.4) is 0 Å². The number of rotatable bonds is 13. The molecule has 310 valence electrons.